The monoisotopic (exact) mass is 1780 g/mol. The summed E-state index contributed by atoms with van der Waals surface area (Å²) < 4.78 is 125. The third kappa shape index (κ3) is 17.7. The Kier molecular flexibility index (Phi) is 24.5. The first-order chi connectivity index (χ1) is 64.8. The molecule has 0 spiro atoms. The molecule has 0 aliphatic rings. The maximum atomic E-state index is 14.2. The van der Waals surface area contributed by atoms with Crippen molar-refractivity contribution in [2.45, 2.75) is 109 Å². The third-order valence-corrected chi connectivity index (χ3v) is 27.2. The van der Waals surface area contributed by atoms with E-state index in [1.54, 1.807) is 30.3 Å². The summed E-state index contributed by atoms with van der Waals surface area (Å²) in [4.78, 5) is 0. The summed E-state index contributed by atoms with van der Waals surface area (Å²) in [7, 11) is 0. The van der Waals surface area contributed by atoms with Gasteiger partial charge in [-0.2, -0.15) is 39.5 Å². The standard InChI is InChI=1S/C46H39F3.C42H31F3.C38H29F3/c1-26-16-18-33(20-28(26)3)39-21-31(6)41(23-29(39)4)44-35-12-8-10-14-37(35)45(38-15-11-9-13-36(38)44)42-24-30(5)40(22-32(42)7)34-19-17-27(2)43(25-34)46(47,48)49;1-26-12-14-33(24-28(26)3)29-16-20-31(21-17-29)40-35-8-4-6-10-37(35)41(38-11-7-5-9-36(38)40)32-22-18-30(19-23-32)34-15-13-27(2)39(25-34)42(43,44)45;1-24-18-20-29(22-26(24)3)34-31-16-10-11-17-32(31)35(30-21-19-25(2)33(23-30)38(39,40)41)37(28-14-8-5-9-15-28)36(34)27-12-6-4-7-13-27/h8-25H,1-7H3;4-25H,1-3H3;4-23H,1-3H3. The maximum Gasteiger partial charge on any atom is 0.416 e. The number of fused-ring (bicyclic) bond motifs is 5. The number of alkyl halides is 9. The first-order valence-electron chi connectivity index (χ1n) is 45.5. The molecule has 0 aliphatic heterocycles. The summed E-state index contributed by atoms with van der Waals surface area (Å²) in [5.41, 5.74) is 34.8. The van der Waals surface area contributed by atoms with Gasteiger partial charge < -0.3 is 0 Å². The Bertz CT molecular complexity index is 7910. The lowest BCUT2D eigenvalue weighted by Gasteiger charge is -2.25. The smallest absolute Gasteiger partial charge is 0.166 e. The summed E-state index contributed by atoms with van der Waals surface area (Å²) in [6, 6.07) is 122. The van der Waals surface area contributed by atoms with Crippen LogP contribution >= 0.6 is 0 Å². The van der Waals surface area contributed by atoms with Crippen LogP contribution in [0, 0.1) is 90.0 Å². The average Bonchev–Trinajstić information content (AvgIpc) is 0.738. The molecule has 0 bridgehead atoms. The molecule has 0 amide bonds. The number of hydrogen-bond donors (Lipinski definition) is 0. The van der Waals surface area contributed by atoms with Crippen molar-refractivity contribution in [2.24, 2.45) is 0 Å². The summed E-state index contributed by atoms with van der Waals surface area (Å²) in [6.07, 6.45) is -13.2. The van der Waals surface area contributed by atoms with E-state index >= 15 is 0 Å². The molecule has 666 valence electrons. The van der Waals surface area contributed by atoms with Crippen LogP contribution in [0.5, 0.6) is 0 Å². The molecule has 0 N–H and O–H groups in total. The van der Waals surface area contributed by atoms with Crippen LogP contribution in [0.1, 0.15) is 89.0 Å². The first kappa shape index (κ1) is 90.6. The lowest BCUT2D eigenvalue weighted by molar-refractivity contribution is -0.138. The number of benzene rings is 20. The van der Waals surface area contributed by atoms with Gasteiger partial charge >= 0.3 is 18.5 Å². The minimum absolute atomic E-state index is 0.210. The molecule has 0 heterocycles. The molecule has 0 nitrogen and oxygen atoms in total. The van der Waals surface area contributed by atoms with Crippen molar-refractivity contribution in [3.63, 3.8) is 0 Å². The van der Waals surface area contributed by atoms with E-state index in [1.165, 1.54) is 133 Å². The topological polar surface area (TPSA) is 0 Å². The third-order valence-electron chi connectivity index (χ3n) is 27.2. The normalized spacial score (nSPS) is 11.8. The molecular formula is C126H99F9. The second-order valence-electron chi connectivity index (χ2n) is 36.1. The first-order valence-corrected chi connectivity index (χ1v) is 45.5. The predicted octanol–water partition coefficient (Wildman–Crippen LogP) is 37.9. The average molecular weight is 1780 g/mol. The van der Waals surface area contributed by atoms with Crippen LogP contribution in [0.25, 0.3) is 187 Å². The van der Waals surface area contributed by atoms with Crippen molar-refractivity contribution >= 4 is 53.9 Å². The predicted molar refractivity (Wildman–Crippen MR) is 549 cm³/mol. The van der Waals surface area contributed by atoms with Crippen LogP contribution < -0.4 is 0 Å². The van der Waals surface area contributed by atoms with Gasteiger partial charge in [0.25, 0.3) is 0 Å². The Balaban J connectivity index is 0.000000136. The highest BCUT2D eigenvalue weighted by molar-refractivity contribution is 6.24. The highest BCUT2D eigenvalue weighted by atomic mass is 19.4. The van der Waals surface area contributed by atoms with Crippen LogP contribution in [-0.4, -0.2) is 0 Å². The molecule has 20 rings (SSSR count). The van der Waals surface area contributed by atoms with E-state index in [0.29, 0.717) is 16.7 Å². The highest BCUT2D eigenvalue weighted by Crippen LogP contribution is 2.54. The van der Waals surface area contributed by atoms with Gasteiger partial charge in [-0.1, -0.05) is 346 Å². The van der Waals surface area contributed by atoms with Gasteiger partial charge in [0.2, 0.25) is 0 Å². The summed E-state index contributed by atoms with van der Waals surface area (Å²) in [5, 5.41) is 11.1. The SMILES string of the molecule is Cc1ccc(-c2c(-c3ccccc3)c(-c3ccccc3)c(-c3ccc(C)c(C(F)(F)F)c3)c3ccccc23)cc1C.Cc1ccc(-c2cc(C)c(-c3c4ccccc4c(-c4cc(C)c(-c5ccc(C)c(C(F)(F)F)c5)cc4C)c4ccccc34)cc2C)cc1C.Cc1ccc(-c2ccc(-c3c4ccccc4c(-c4ccc(-c5ccc(C)c(C(F)(F)F)c5)cc4)c4ccccc34)cc2)cc1C. The zero-order valence-electron chi connectivity index (χ0n) is 77.5. The van der Waals surface area contributed by atoms with E-state index in [-0.39, 0.29) is 16.7 Å². The molecule has 0 unspecified atom stereocenters. The van der Waals surface area contributed by atoms with Crippen LogP contribution in [0.3, 0.4) is 0 Å². The fourth-order valence-electron chi connectivity index (χ4n) is 19.7. The highest BCUT2D eigenvalue weighted by Gasteiger charge is 2.37. The molecule has 9 heteroatoms. The van der Waals surface area contributed by atoms with Crippen LogP contribution in [0.4, 0.5) is 39.5 Å². The van der Waals surface area contributed by atoms with Gasteiger partial charge in [0.15, 0.2) is 0 Å². The molecule has 0 aliphatic carbocycles. The fraction of sp³-hybridized carbons (Fsp3) is 0.127. The Hall–Kier alpha value is -14.9. The molecule has 20 aromatic carbocycles. The molecule has 20 aromatic rings. The molecule has 0 radical (unpaired) electrons. The maximum absolute atomic E-state index is 14.2. The molecule has 135 heavy (non-hydrogen) atoms. The van der Waals surface area contributed by atoms with Gasteiger partial charge in [0, 0.05) is 0 Å². The molecular weight excluding hydrogens is 1680 g/mol. The van der Waals surface area contributed by atoms with Crippen molar-refractivity contribution in [3.8, 4) is 134 Å². The summed E-state index contributed by atoms with van der Waals surface area (Å²) >= 11 is 0. The van der Waals surface area contributed by atoms with E-state index in [2.05, 4.69) is 275 Å². The Morgan fingerprint density at radius 2 is 0.326 bits per heavy atom. The zero-order valence-corrected chi connectivity index (χ0v) is 77.5. The van der Waals surface area contributed by atoms with Gasteiger partial charge in [0.05, 0.1) is 16.7 Å². The minimum atomic E-state index is -4.45. The molecule has 0 saturated heterocycles. The number of hydrogen-bond acceptors (Lipinski definition) is 0. The number of aryl methyl sites for hydroxylation is 13. The molecule has 0 fully saturated rings. The van der Waals surface area contributed by atoms with Crippen LogP contribution in [0.15, 0.2) is 364 Å². The van der Waals surface area contributed by atoms with Crippen LogP contribution in [-0.2, 0) is 18.5 Å². The Labute approximate surface area is 783 Å². The summed E-state index contributed by atoms with van der Waals surface area (Å²) in [5.74, 6) is 0. The van der Waals surface area contributed by atoms with Gasteiger partial charge in [-0.05, 0) is 368 Å². The van der Waals surface area contributed by atoms with Crippen molar-refractivity contribution < 1.29 is 39.5 Å². The lowest BCUT2D eigenvalue weighted by atomic mass is 9.78. The van der Waals surface area contributed by atoms with Crippen molar-refractivity contribution in [2.75, 3.05) is 0 Å². The fourth-order valence-corrected chi connectivity index (χ4v) is 19.7. The largest absolute Gasteiger partial charge is 0.416 e. The van der Waals surface area contributed by atoms with Crippen molar-refractivity contribution in [1.82, 2.24) is 0 Å². The van der Waals surface area contributed by atoms with Gasteiger partial charge in [-0.15, -0.1) is 0 Å². The minimum Gasteiger partial charge on any atom is -0.166 e. The second kappa shape index (κ2) is 36.6. The number of halogens is 9. The van der Waals surface area contributed by atoms with E-state index in [9.17, 15) is 39.5 Å². The number of rotatable bonds is 12. The Morgan fingerprint density at radius 3 is 0.644 bits per heavy atom. The zero-order chi connectivity index (χ0) is 94.8. The molecule has 0 saturated carbocycles. The molecule has 0 aromatic heterocycles. The van der Waals surface area contributed by atoms with Crippen LogP contribution in [0.2, 0.25) is 0 Å². The second-order valence-corrected chi connectivity index (χ2v) is 36.1. The lowest BCUT2D eigenvalue weighted by Crippen LogP contribution is -2.07. The van der Waals surface area contributed by atoms with E-state index in [0.717, 1.165) is 132 Å². The quantitative estimate of drug-likeness (QED) is 0.0845. The van der Waals surface area contributed by atoms with Gasteiger partial charge in [0.1, 0.15) is 0 Å². The van der Waals surface area contributed by atoms with Crippen molar-refractivity contribution in [3.05, 3.63) is 453 Å². The van der Waals surface area contributed by atoms with E-state index in [1.807, 2.05) is 110 Å². The van der Waals surface area contributed by atoms with E-state index in [4.69, 9.17) is 0 Å². The summed E-state index contributed by atoms with van der Waals surface area (Å²) in [6.45, 7) is 25.8. The van der Waals surface area contributed by atoms with E-state index < -0.39 is 35.2 Å². The Morgan fingerprint density at radius 1 is 0.126 bits per heavy atom. The van der Waals surface area contributed by atoms with Crippen molar-refractivity contribution in [1.29, 1.82) is 0 Å². The molecule has 0 atom stereocenters. The van der Waals surface area contributed by atoms with Gasteiger partial charge in [-0.25, -0.2) is 0 Å². The van der Waals surface area contributed by atoms with Gasteiger partial charge in [-0.3, -0.25) is 0 Å².